The third-order valence-corrected chi connectivity index (χ3v) is 5.36. The smallest absolute Gasteiger partial charge is 0.265 e. The zero-order valence-corrected chi connectivity index (χ0v) is 15.5. The Bertz CT molecular complexity index is 892. The molecule has 26 heavy (non-hydrogen) atoms. The summed E-state index contributed by atoms with van der Waals surface area (Å²) in [5, 5.41) is 2.95. The summed E-state index contributed by atoms with van der Waals surface area (Å²) in [4.78, 5) is 12.8. The molecule has 0 radical (unpaired) electrons. The van der Waals surface area contributed by atoms with E-state index in [2.05, 4.69) is 5.32 Å². The van der Waals surface area contributed by atoms with Crippen LogP contribution in [0.5, 0.6) is 11.5 Å². The van der Waals surface area contributed by atoms with E-state index < -0.39 is 15.9 Å². The van der Waals surface area contributed by atoms with E-state index in [9.17, 15) is 13.2 Å². The lowest BCUT2D eigenvalue weighted by atomic mass is 10.0. The van der Waals surface area contributed by atoms with Gasteiger partial charge in [0.25, 0.3) is 5.91 Å². The van der Waals surface area contributed by atoms with Crippen molar-refractivity contribution in [3.63, 3.8) is 0 Å². The van der Waals surface area contributed by atoms with Crippen molar-refractivity contribution in [1.82, 2.24) is 5.32 Å². The third-order valence-electron chi connectivity index (χ3n) is 4.24. The summed E-state index contributed by atoms with van der Waals surface area (Å²) in [6.45, 7) is 2.09. The molecule has 1 aliphatic heterocycles. The fourth-order valence-corrected chi connectivity index (χ4v) is 3.41. The van der Waals surface area contributed by atoms with Crippen molar-refractivity contribution in [2.45, 2.75) is 30.4 Å². The number of hydrogen-bond acceptors (Lipinski definition) is 5. The minimum Gasteiger partial charge on any atom is -0.485 e. The van der Waals surface area contributed by atoms with Crippen LogP contribution < -0.4 is 14.8 Å². The Morgan fingerprint density at radius 3 is 2.42 bits per heavy atom. The molecule has 2 aromatic carbocycles. The fraction of sp³-hybridized carbons (Fsp3) is 0.316. The fourth-order valence-electron chi connectivity index (χ4n) is 2.78. The Morgan fingerprint density at radius 1 is 1.15 bits per heavy atom. The molecule has 0 spiro atoms. The maximum Gasteiger partial charge on any atom is 0.265 e. The first-order valence-corrected chi connectivity index (χ1v) is 10.3. The largest absolute Gasteiger partial charge is 0.485 e. The molecule has 0 bridgehead atoms. The van der Waals surface area contributed by atoms with Crippen LogP contribution in [0.2, 0.25) is 0 Å². The minimum atomic E-state index is -3.24. The van der Waals surface area contributed by atoms with Gasteiger partial charge < -0.3 is 14.8 Å². The van der Waals surface area contributed by atoms with Gasteiger partial charge in [-0.05, 0) is 36.2 Å². The molecular formula is C19H21NO5S. The molecule has 1 heterocycles. The maximum atomic E-state index is 12.6. The van der Waals surface area contributed by atoms with Crippen LogP contribution in [-0.2, 0) is 14.6 Å². The number of hydrogen-bond donors (Lipinski definition) is 1. The SMILES string of the molecule is CC[C@H](NC(=O)[C@H]1COc2ccccc2O1)c1ccc(S(C)(=O)=O)cc1. The lowest BCUT2D eigenvalue weighted by Crippen LogP contribution is -2.45. The first-order valence-electron chi connectivity index (χ1n) is 8.37. The maximum absolute atomic E-state index is 12.6. The van der Waals surface area contributed by atoms with E-state index in [1.165, 1.54) is 6.26 Å². The number of sulfone groups is 1. The monoisotopic (exact) mass is 375 g/mol. The molecule has 138 valence electrons. The van der Waals surface area contributed by atoms with Crippen molar-refractivity contribution in [2.75, 3.05) is 12.9 Å². The van der Waals surface area contributed by atoms with Crippen molar-refractivity contribution in [3.8, 4) is 11.5 Å². The van der Waals surface area contributed by atoms with E-state index in [1.54, 1.807) is 36.4 Å². The Labute approximate surface area is 153 Å². The van der Waals surface area contributed by atoms with Crippen molar-refractivity contribution in [2.24, 2.45) is 0 Å². The lowest BCUT2D eigenvalue weighted by molar-refractivity contribution is -0.131. The van der Waals surface area contributed by atoms with Gasteiger partial charge in [-0.2, -0.15) is 0 Å². The van der Waals surface area contributed by atoms with Crippen LogP contribution in [0.4, 0.5) is 0 Å². The number of carbonyl (C=O) groups is 1. The molecular weight excluding hydrogens is 354 g/mol. The summed E-state index contributed by atoms with van der Waals surface area (Å²) >= 11 is 0. The van der Waals surface area contributed by atoms with Gasteiger partial charge in [0.1, 0.15) is 6.61 Å². The number of ether oxygens (including phenoxy) is 2. The van der Waals surface area contributed by atoms with Gasteiger partial charge >= 0.3 is 0 Å². The van der Waals surface area contributed by atoms with E-state index in [-0.39, 0.29) is 23.5 Å². The first-order chi connectivity index (χ1) is 12.4. The van der Waals surface area contributed by atoms with E-state index in [0.717, 1.165) is 5.56 Å². The highest BCUT2D eigenvalue weighted by atomic mass is 32.2. The molecule has 6 nitrogen and oxygen atoms in total. The summed E-state index contributed by atoms with van der Waals surface area (Å²) in [6.07, 6.45) is 1.10. The number of amides is 1. The average Bonchev–Trinajstić information content (AvgIpc) is 2.65. The molecule has 1 amide bonds. The van der Waals surface area contributed by atoms with Crippen LogP contribution in [0.15, 0.2) is 53.4 Å². The quantitative estimate of drug-likeness (QED) is 0.868. The van der Waals surface area contributed by atoms with Crippen LogP contribution in [0, 0.1) is 0 Å². The predicted octanol–water partition coefficient (Wildman–Crippen LogP) is 2.50. The summed E-state index contributed by atoms with van der Waals surface area (Å²) in [5.74, 6) is 0.906. The number of benzene rings is 2. The molecule has 1 aliphatic rings. The normalized spacial score (nSPS) is 17.4. The van der Waals surface area contributed by atoms with Crippen LogP contribution in [0.25, 0.3) is 0 Å². The summed E-state index contributed by atoms with van der Waals surface area (Å²) in [5.41, 5.74) is 0.838. The molecule has 0 saturated heterocycles. The van der Waals surface area contributed by atoms with Gasteiger partial charge in [-0.25, -0.2) is 8.42 Å². The molecule has 3 rings (SSSR count). The van der Waals surface area contributed by atoms with Gasteiger partial charge in [-0.1, -0.05) is 31.2 Å². The zero-order chi connectivity index (χ0) is 18.7. The highest BCUT2D eigenvalue weighted by Gasteiger charge is 2.28. The Kier molecular flexibility index (Phi) is 5.18. The molecule has 0 aliphatic carbocycles. The van der Waals surface area contributed by atoms with Crippen molar-refractivity contribution in [3.05, 3.63) is 54.1 Å². The molecule has 2 atom stereocenters. The van der Waals surface area contributed by atoms with Crippen molar-refractivity contribution in [1.29, 1.82) is 0 Å². The molecule has 0 unspecified atom stereocenters. The minimum absolute atomic E-state index is 0.145. The second kappa shape index (κ2) is 7.37. The van der Waals surface area contributed by atoms with Crippen LogP contribution in [-0.4, -0.2) is 33.3 Å². The number of rotatable bonds is 5. The van der Waals surface area contributed by atoms with Crippen LogP contribution >= 0.6 is 0 Å². The van der Waals surface area contributed by atoms with E-state index >= 15 is 0 Å². The first kappa shape index (κ1) is 18.3. The van der Waals surface area contributed by atoms with Crippen LogP contribution in [0.3, 0.4) is 0 Å². The molecule has 0 aromatic heterocycles. The van der Waals surface area contributed by atoms with E-state index in [1.807, 2.05) is 19.1 Å². The standard InChI is InChI=1S/C19H21NO5S/c1-3-15(13-8-10-14(11-9-13)26(2,22)23)20-19(21)18-12-24-16-6-4-5-7-17(16)25-18/h4-11,15,18H,3,12H2,1-2H3,(H,20,21)/t15-,18+/m0/s1. The number of fused-ring (bicyclic) bond motifs is 1. The molecule has 1 N–H and O–H groups in total. The Balaban J connectivity index is 1.69. The van der Waals surface area contributed by atoms with E-state index in [4.69, 9.17) is 9.47 Å². The molecule has 0 saturated carbocycles. The summed E-state index contributed by atoms with van der Waals surface area (Å²) < 4.78 is 34.4. The Hall–Kier alpha value is -2.54. The second-order valence-corrected chi connectivity index (χ2v) is 8.19. The number of carbonyl (C=O) groups excluding carboxylic acids is 1. The summed E-state index contributed by atoms with van der Waals surface area (Å²) in [6, 6.07) is 13.5. The Morgan fingerprint density at radius 2 is 1.81 bits per heavy atom. The van der Waals surface area contributed by atoms with Gasteiger partial charge in [0.15, 0.2) is 21.3 Å². The highest BCUT2D eigenvalue weighted by molar-refractivity contribution is 7.90. The van der Waals surface area contributed by atoms with Crippen LogP contribution in [0.1, 0.15) is 24.9 Å². The predicted molar refractivity (Wildman–Crippen MR) is 97.1 cm³/mol. The van der Waals surface area contributed by atoms with Crippen molar-refractivity contribution >= 4 is 15.7 Å². The zero-order valence-electron chi connectivity index (χ0n) is 14.6. The van der Waals surface area contributed by atoms with Gasteiger partial charge in [0, 0.05) is 6.26 Å². The number of nitrogens with one attached hydrogen (secondary N) is 1. The third kappa shape index (κ3) is 3.99. The molecule has 7 heteroatoms. The van der Waals surface area contributed by atoms with Gasteiger partial charge in [0.05, 0.1) is 10.9 Å². The highest BCUT2D eigenvalue weighted by Crippen LogP contribution is 2.31. The van der Waals surface area contributed by atoms with Crippen molar-refractivity contribution < 1.29 is 22.7 Å². The van der Waals surface area contributed by atoms with Gasteiger partial charge in [-0.3, -0.25) is 4.79 Å². The lowest BCUT2D eigenvalue weighted by Gasteiger charge is -2.27. The topological polar surface area (TPSA) is 81.7 Å². The van der Waals surface area contributed by atoms with Gasteiger partial charge in [-0.15, -0.1) is 0 Å². The average molecular weight is 375 g/mol. The number of para-hydroxylation sites is 2. The molecule has 0 fully saturated rings. The molecule has 2 aromatic rings. The summed E-state index contributed by atoms with van der Waals surface area (Å²) in [7, 11) is -3.24. The van der Waals surface area contributed by atoms with Gasteiger partial charge in [0.2, 0.25) is 6.10 Å². The second-order valence-electron chi connectivity index (χ2n) is 6.17. The van der Waals surface area contributed by atoms with E-state index in [0.29, 0.717) is 17.9 Å².